The zero-order valence-electron chi connectivity index (χ0n) is 24.1. The minimum atomic E-state index is -0.119. The summed E-state index contributed by atoms with van der Waals surface area (Å²) in [5.41, 5.74) is 14.6. The van der Waals surface area contributed by atoms with Gasteiger partial charge in [-0.3, -0.25) is 0 Å². The molecule has 198 valence electrons. The van der Waals surface area contributed by atoms with E-state index >= 15 is 0 Å². The zero-order chi connectivity index (χ0) is 27.9. The highest BCUT2D eigenvalue weighted by Crippen LogP contribution is 2.57. The van der Waals surface area contributed by atoms with Gasteiger partial charge in [-0.05, 0) is 104 Å². The highest BCUT2D eigenvalue weighted by atomic mass is 15.1. The van der Waals surface area contributed by atoms with E-state index in [0.717, 1.165) is 11.4 Å². The molecular weight excluding hydrogens is 494 g/mol. The van der Waals surface area contributed by atoms with Crippen LogP contribution in [0.2, 0.25) is 0 Å². The Kier molecular flexibility index (Phi) is 4.98. The van der Waals surface area contributed by atoms with E-state index in [-0.39, 0.29) is 10.8 Å². The van der Waals surface area contributed by atoms with Crippen molar-refractivity contribution in [3.63, 3.8) is 0 Å². The van der Waals surface area contributed by atoms with Crippen molar-refractivity contribution in [2.45, 2.75) is 38.5 Å². The van der Waals surface area contributed by atoms with Gasteiger partial charge in [0.15, 0.2) is 0 Å². The van der Waals surface area contributed by atoms with Gasteiger partial charge >= 0.3 is 0 Å². The number of fused-ring (bicyclic) bond motifs is 8. The predicted octanol–water partition coefficient (Wildman–Crippen LogP) is 10.9. The van der Waals surface area contributed by atoms with Crippen LogP contribution in [0.5, 0.6) is 0 Å². The number of rotatable bonds is 3. The Morgan fingerprint density at radius 3 is 1.68 bits per heavy atom. The van der Waals surface area contributed by atoms with Crippen LogP contribution < -0.4 is 4.90 Å². The number of para-hydroxylation sites is 2. The molecule has 0 saturated heterocycles. The fourth-order valence-electron chi connectivity index (χ4n) is 7.46. The average molecular weight is 528 g/mol. The van der Waals surface area contributed by atoms with Crippen molar-refractivity contribution in [3.8, 4) is 22.3 Å². The summed E-state index contributed by atoms with van der Waals surface area (Å²) in [7, 11) is 0. The Balaban J connectivity index is 1.32. The van der Waals surface area contributed by atoms with Crippen molar-refractivity contribution < 1.29 is 0 Å². The predicted molar refractivity (Wildman–Crippen MR) is 174 cm³/mol. The van der Waals surface area contributed by atoms with Crippen LogP contribution in [-0.4, -0.2) is 0 Å². The Hall–Kier alpha value is -4.62. The van der Waals surface area contributed by atoms with Crippen LogP contribution in [0.15, 0.2) is 127 Å². The molecule has 0 saturated carbocycles. The van der Waals surface area contributed by atoms with Gasteiger partial charge in [-0.2, -0.15) is 0 Å². The lowest BCUT2D eigenvalue weighted by Crippen LogP contribution is -2.17. The number of benzene rings is 6. The van der Waals surface area contributed by atoms with Gasteiger partial charge in [0.1, 0.15) is 0 Å². The molecule has 0 atom stereocenters. The highest BCUT2D eigenvalue weighted by Gasteiger charge is 2.42. The molecule has 1 nitrogen and oxygen atoms in total. The summed E-state index contributed by atoms with van der Waals surface area (Å²) in [5.74, 6) is 0. The van der Waals surface area contributed by atoms with Crippen LogP contribution in [0.25, 0.3) is 33.0 Å². The van der Waals surface area contributed by atoms with Gasteiger partial charge in [-0.25, -0.2) is 0 Å². The molecule has 6 aromatic carbocycles. The van der Waals surface area contributed by atoms with Crippen molar-refractivity contribution in [2.24, 2.45) is 0 Å². The summed E-state index contributed by atoms with van der Waals surface area (Å²) in [5, 5.41) is 2.67. The molecule has 0 bridgehead atoms. The number of hydrogen-bond acceptors (Lipinski definition) is 1. The molecule has 1 heteroatoms. The molecule has 0 aliphatic heterocycles. The maximum Gasteiger partial charge on any atom is 0.0465 e. The van der Waals surface area contributed by atoms with E-state index in [1.165, 1.54) is 61.0 Å². The third-order valence-electron chi connectivity index (χ3n) is 9.63. The molecule has 0 radical (unpaired) electrons. The lowest BCUT2D eigenvalue weighted by molar-refractivity contribution is 0.652. The smallest absolute Gasteiger partial charge is 0.0465 e. The first-order valence-corrected chi connectivity index (χ1v) is 14.6. The lowest BCUT2D eigenvalue weighted by atomic mass is 9.79. The third kappa shape index (κ3) is 3.36. The Morgan fingerprint density at radius 2 is 0.976 bits per heavy atom. The fraction of sp³-hybridized carbons (Fsp3) is 0.150. The van der Waals surface area contributed by atoms with Crippen LogP contribution in [-0.2, 0) is 10.8 Å². The first-order chi connectivity index (χ1) is 19.9. The van der Waals surface area contributed by atoms with E-state index in [1.54, 1.807) is 0 Å². The van der Waals surface area contributed by atoms with Crippen LogP contribution in [0.1, 0.15) is 49.9 Å². The molecule has 41 heavy (non-hydrogen) atoms. The topological polar surface area (TPSA) is 3.24 Å². The molecule has 2 aliphatic rings. The van der Waals surface area contributed by atoms with E-state index in [0.29, 0.717) is 0 Å². The minimum Gasteiger partial charge on any atom is -0.310 e. The summed E-state index contributed by atoms with van der Waals surface area (Å²) in [6.07, 6.45) is 0. The molecule has 0 aromatic heterocycles. The first kappa shape index (κ1) is 24.2. The third-order valence-corrected chi connectivity index (χ3v) is 9.63. The summed E-state index contributed by atoms with van der Waals surface area (Å²) < 4.78 is 0. The molecule has 0 fully saturated rings. The van der Waals surface area contributed by atoms with E-state index in [9.17, 15) is 0 Å². The maximum absolute atomic E-state index is 2.52. The van der Waals surface area contributed by atoms with Gasteiger partial charge in [0.2, 0.25) is 0 Å². The van der Waals surface area contributed by atoms with Crippen molar-refractivity contribution in [1.29, 1.82) is 0 Å². The molecule has 0 unspecified atom stereocenters. The van der Waals surface area contributed by atoms with E-state index in [2.05, 4.69) is 160 Å². The Morgan fingerprint density at radius 1 is 0.415 bits per heavy atom. The molecule has 0 spiro atoms. The molecule has 8 rings (SSSR count). The van der Waals surface area contributed by atoms with Crippen LogP contribution in [0.3, 0.4) is 0 Å². The molecular formula is C40H33N. The van der Waals surface area contributed by atoms with Crippen LogP contribution in [0, 0.1) is 0 Å². The summed E-state index contributed by atoms with van der Waals surface area (Å²) >= 11 is 0. The molecule has 0 amide bonds. The minimum absolute atomic E-state index is 0.0476. The molecule has 0 heterocycles. The summed E-state index contributed by atoms with van der Waals surface area (Å²) in [6.45, 7) is 9.57. The van der Waals surface area contributed by atoms with Crippen molar-refractivity contribution in [3.05, 3.63) is 150 Å². The second-order valence-corrected chi connectivity index (χ2v) is 12.6. The average Bonchev–Trinajstić information content (AvgIpc) is 3.36. The quantitative estimate of drug-likeness (QED) is 0.221. The normalized spacial score (nSPS) is 15.2. The zero-order valence-corrected chi connectivity index (χ0v) is 24.1. The van der Waals surface area contributed by atoms with Gasteiger partial charge in [-0.1, -0.05) is 107 Å². The number of nitrogens with zero attached hydrogens (tertiary/aromatic N) is 1. The number of hydrogen-bond donors (Lipinski definition) is 0. The summed E-state index contributed by atoms with van der Waals surface area (Å²) in [4.78, 5) is 2.37. The van der Waals surface area contributed by atoms with Gasteiger partial charge in [-0.15, -0.1) is 0 Å². The van der Waals surface area contributed by atoms with Crippen molar-refractivity contribution in [2.75, 3.05) is 4.90 Å². The van der Waals surface area contributed by atoms with E-state index < -0.39 is 0 Å². The van der Waals surface area contributed by atoms with Crippen molar-refractivity contribution >= 4 is 27.8 Å². The molecule has 2 aliphatic carbocycles. The highest BCUT2D eigenvalue weighted by molar-refractivity contribution is 6.03. The van der Waals surface area contributed by atoms with Crippen molar-refractivity contribution in [1.82, 2.24) is 0 Å². The largest absolute Gasteiger partial charge is 0.310 e. The second kappa shape index (κ2) is 8.44. The Labute approximate surface area is 242 Å². The molecule has 6 aromatic rings. The van der Waals surface area contributed by atoms with Crippen LogP contribution >= 0.6 is 0 Å². The maximum atomic E-state index is 2.52. The van der Waals surface area contributed by atoms with Gasteiger partial charge in [0, 0.05) is 27.9 Å². The van der Waals surface area contributed by atoms with E-state index in [1.807, 2.05) is 0 Å². The van der Waals surface area contributed by atoms with Crippen LogP contribution in [0.4, 0.5) is 17.1 Å². The molecule has 0 N–H and O–H groups in total. The standard InChI is InChI=1S/C40H33N/c1-39(2)34-22-19-26-13-11-12-18-30(26)38(34)33-25-36-32(24-37(33)39)31-21-20-29(23-35(31)40(36,3)4)41(27-14-7-5-8-15-27)28-16-9-6-10-17-28/h5-25H,1-4H3. The number of anilines is 3. The van der Waals surface area contributed by atoms with Gasteiger partial charge < -0.3 is 4.90 Å². The van der Waals surface area contributed by atoms with Gasteiger partial charge in [0.25, 0.3) is 0 Å². The lowest BCUT2D eigenvalue weighted by Gasteiger charge is -2.28. The van der Waals surface area contributed by atoms with Gasteiger partial charge in [0.05, 0.1) is 0 Å². The Bertz CT molecular complexity index is 1940. The SMILES string of the molecule is CC1(C)c2cc(N(c3ccccc3)c3ccccc3)ccc2-c2cc3c(cc21)-c1c(ccc2ccccc12)C3(C)C. The summed E-state index contributed by atoms with van der Waals surface area (Å²) in [6, 6.07) is 47.0. The fourth-order valence-corrected chi connectivity index (χ4v) is 7.46. The van der Waals surface area contributed by atoms with E-state index in [4.69, 9.17) is 0 Å². The monoisotopic (exact) mass is 527 g/mol. The first-order valence-electron chi connectivity index (χ1n) is 14.6. The second-order valence-electron chi connectivity index (χ2n) is 12.6.